The van der Waals surface area contributed by atoms with Gasteiger partial charge in [0.1, 0.15) is 0 Å². The zero-order chi connectivity index (χ0) is 15.5. The van der Waals surface area contributed by atoms with Crippen LogP contribution in [0, 0.1) is 0 Å². The van der Waals surface area contributed by atoms with Crippen LogP contribution in [0.2, 0.25) is 0 Å². The van der Waals surface area contributed by atoms with Gasteiger partial charge in [-0.3, -0.25) is 4.79 Å². The van der Waals surface area contributed by atoms with Crippen molar-refractivity contribution >= 4 is 5.91 Å². The number of likely N-dealkylation sites (N-methyl/N-ethyl adjacent to an activating group) is 1. The maximum Gasteiger partial charge on any atom is 0.234 e. The molecule has 0 fully saturated rings. The highest BCUT2D eigenvalue weighted by molar-refractivity contribution is 5.78. The van der Waals surface area contributed by atoms with Crippen molar-refractivity contribution in [3.05, 3.63) is 35.9 Å². The number of nitrogens with one attached hydrogen (secondary N) is 2. The Morgan fingerprint density at radius 3 is 2.62 bits per heavy atom. The lowest BCUT2D eigenvalue weighted by Gasteiger charge is -2.22. The lowest BCUT2D eigenvalue weighted by Crippen LogP contribution is -2.46. The van der Waals surface area contributed by atoms with E-state index in [9.17, 15) is 4.79 Å². The molecule has 21 heavy (non-hydrogen) atoms. The average Bonchev–Trinajstić information content (AvgIpc) is 2.44. The first kappa shape index (κ1) is 17.6. The van der Waals surface area contributed by atoms with E-state index in [1.54, 1.807) is 7.11 Å². The number of carbonyl (C=O) groups is 1. The fourth-order valence-electron chi connectivity index (χ4n) is 2.16. The van der Waals surface area contributed by atoms with Crippen LogP contribution < -0.4 is 10.6 Å². The lowest BCUT2D eigenvalue weighted by atomic mass is 10.1. The average molecular weight is 293 g/mol. The summed E-state index contributed by atoms with van der Waals surface area (Å²) in [6.07, 6.45) is 0.836. The molecule has 5 heteroatoms. The summed E-state index contributed by atoms with van der Waals surface area (Å²) in [6.45, 7) is 2.43. The highest BCUT2D eigenvalue weighted by Crippen LogP contribution is 2.04. The summed E-state index contributed by atoms with van der Waals surface area (Å²) in [5.74, 6) is 0.0221. The molecule has 0 aliphatic carbocycles. The van der Waals surface area contributed by atoms with Gasteiger partial charge >= 0.3 is 0 Å². The highest BCUT2D eigenvalue weighted by atomic mass is 16.5. The van der Waals surface area contributed by atoms with Gasteiger partial charge < -0.3 is 20.3 Å². The number of ether oxygens (including phenoxy) is 1. The van der Waals surface area contributed by atoms with Crippen molar-refractivity contribution in [3.8, 4) is 0 Å². The first-order valence-electron chi connectivity index (χ1n) is 7.29. The van der Waals surface area contributed by atoms with Gasteiger partial charge in [0.15, 0.2) is 0 Å². The third kappa shape index (κ3) is 8.45. The number of carbonyl (C=O) groups excluding carboxylic acids is 1. The van der Waals surface area contributed by atoms with Gasteiger partial charge in [-0.15, -0.1) is 0 Å². The molecule has 1 aromatic rings. The highest BCUT2D eigenvalue weighted by Gasteiger charge is 2.13. The Kier molecular flexibility index (Phi) is 8.66. The normalized spacial score (nSPS) is 12.4. The van der Waals surface area contributed by atoms with Gasteiger partial charge in [-0.25, -0.2) is 0 Å². The minimum Gasteiger partial charge on any atom is -0.383 e. The Hall–Kier alpha value is -1.43. The van der Waals surface area contributed by atoms with Gasteiger partial charge in [0.2, 0.25) is 5.91 Å². The number of rotatable bonds is 10. The van der Waals surface area contributed by atoms with Gasteiger partial charge in [0, 0.05) is 26.2 Å². The summed E-state index contributed by atoms with van der Waals surface area (Å²) < 4.78 is 4.94. The van der Waals surface area contributed by atoms with Crippen molar-refractivity contribution in [2.45, 2.75) is 12.5 Å². The predicted molar refractivity (Wildman–Crippen MR) is 85.4 cm³/mol. The second-order valence-corrected chi connectivity index (χ2v) is 5.39. The molecule has 0 spiro atoms. The molecule has 1 aromatic carbocycles. The molecular weight excluding hydrogens is 266 g/mol. The molecule has 0 aliphatic rings. The summed E-state index contributed by atoms with van der Waals surface area (Å²) in [6, 6.07) is 10.3. The third-order valence-electron chi connectivity index (χ3n) is 3.04. The van der Waals surface area contributed by atoms with Crippen molar-refractivity contribution in [1.82, 2.24) is 15.5 Å². The second-order valence-electron chi connectivity index (χ2n) is 5.39. The molecule has 0 saturated heterocycles. The van der Waals surface area contributed by atoms with Crippen LogP contribution in [-0.2, 0) is 16.0 Å². The Labute approximate surface area is 127 Å². The Balaban J connectivity index is 2.44. The van der Waals surface area contributed by atoms with Crippen LogP contribution in [-0.4, -0.2) is 64.3 Å². The number of methoxy groups -OCH3 is 1. The molecule has 1 atom stereocenters. The summed E-state index contributed by atoms with van der Waals surface area (Å²) in [4.78, 5) is 14.0. The summed E-state index contributed by atoms with van der Waals surface area (Å²) in [5, 5.41) is 6.15. The van der Waals surface area contributed by atoms with E-state index in [1.165, 1.54) is 5.56 Å². The van der Waals surface area contributed by atoms with Crippen molar-refractivity contribution in [2.75, 3.05) is 47.4 Å². The number of benzene rings is 1. The van der Waals surface area contributed by atoms with E-state index in [0.717, 1.165) is 13.0 Å². The first-order chi connectivity index (χ1) is 10.1. The Bertz CT molecular complexity index is 396. The van der Waals surface area contributed by atoms with Crippen LogP contribution in [0.5, 0.6) is 0 Å². The molecule has 0 aromatic heterocycles. The quantitative estimate of drug-likeness (QED) is 0.617. The second kappa shape index (κ2) is 10.3. The zero-order valence-electron chi connectivity index (χ0n) is 13.3. The van der Waals surface area contributed by atoms with Gasteiger partial charge in [-0.1, -0.05) is 30.3 Å². The minimum absolute atomic E-state index is 0.0221. The van der Waals surface area contributed by atoms with Crippen LogP contribution >= 0.6 is 0 Å². The van der Waals surface area contributed by atoms with Crippen molar-refractivity contribution < 1.29 is 9.53 Å². The zero-order valence-corrected chi connectivity index (χ0v) is 13.3. The molecule has 5 nitrogen and oxygen atoms in total. The van der Waals surface area contributed by atoms with Crippen molar-refractivity contribution in [3.63, 3.8) is 0 Å². The van der Waals surface area contributed by atoms with E-state index in [-0.39, 0.29) is 11.9 Å². The van der Waals surface area contributed by atoms with Crippen molar-refractivity contribution in [2.24, 2.45) is 0 Å². The number of hydrogen-bond donors (Lipinski definition) is 2. The molecule has 1 rings (SSSR count). The number of nitrogens with zero attached hydrogens (tertiary/aromatic N) is 1. The maximum atomic E-state index is 12.0. The summed E-state index contributed by atoms with van der Waals surface area (Å²) in [5.41, 5.74) is 1.23. The summed E-state index contributed by atoms with van der Waals surface area (Å²) >= 11 is 0. The van der Waals surface area contributed by atoms with Gasteiger partial charge in [0.05, 0.1) is 13.2 Å². The molecule has 0 heterocycles. The van der Waals surface area contributed by atoms with Gasteiger partial charge in [-0.2, -0.15) is 0 Å². The molecule has 1 amide bonds. The molecule has 0 aliphatic heterocycles. The molecule has 1 unspecified atom stereocenters. The van der Waals surface area contributed by atoms with E-state index < -0.39 is 0 Å². The van der Waals surface area contributed by atoms with Crippen LogP contribution in [0.4, 0.5) is 0 Å². The topological polar surface area (TPSA) is 53.6 Å². The van der Waals surface area contributed by atoms with E-state index in [0.29, 0.717) is 19.7 Å². The third-order valence-corrected chi connectivity index (χ3v) is 3.04. The van der Waals surface area contributed by atoms with E-state index in [4.69, 9.17) is 4.74 Å². The van der Waals surface area contributed by atoms with E-state index in [1.807, 2.05) is 32.3 Å². The van der Waals surface area contributed by atoms with Crippen LogP contribution in [0.3, 0.4) is 0 Å². The number of hydrogen-bond acceptors (Lipinski definition) is 4. The predicted octanol–water partition coefficient (Wildman–Crippen LogP) is 0.512. The van der Waals surface area contributed by atoms with Gasteiger partial charge in [0.25, 0.3) is 0 Å². The SMILES string of the molecule is COCCNCC(=O)NC(Cc1ccccc1)CN(C)C. The van der Waals surface area contributed by atoms with Crippen LogP contribution in [0.25, 0.3) is 0 Å². The molecule has 118 valence electrons. The van der Waals surface area contributed by atoms with E-state index in [2.05, 4.69) is 27.7 Å². The van der Waals surface area contributed by atoms with Gasteiger partial charge in [-0.05, 0) is 26.1 Å². The monoisotopic (exact) mass is 293 g/mol. The van der Waals surface area contributed by atoms with Crippen LogP contribution in [0.1, 0.15) is 5.56 Å². The first-order valence-corrected chi connectivity index (χ1v) is 7.29. The fourth-order valence-corrected chi connectivity index (χ4v) is 2.16. The largest absolute Gasteiger partial charge is 0.383 e. The standard InChI is InChI=1S/C16H27N3O2/c1-19(2)13-15(11-14-7-5-4-6-8-14)18-16(20)12-17-9-10-21-3/h4-8,15,17H,9-13H2,1-3H3,(H,18,20). The Morgan fingerprint density at radius 1 is 1.29 bits per heavy atom. The maximum absolute atomic E-state index is 12.0. The molecule has 2 N–H and O–H groups in total. The van der Waals surface area contributed by atoms with E-state index >= 15 is 0 Å². The Morgan fingerprint density at radius 2 is 2.00 bits per heavy atom. The van der Waals surface area contributed by atoms with Crippen LogP contribution in [0.15, 0.2) is 30.3 Å². The molecular formula is C16H27N3O2. The smallest absolute Gasteiger partial charge is 0.234 e. The molecule has 0 radical (unpaired) electrons. The summed E-state index contributed by atoms with van der Waals surface area (Å²) in [7, 11) is 5.68. The molecule has 0 bridgehead atoms. The molecule has 0 saturated carbocycles. The number of amides is 1. The van der Waals surface area contributed by atoms with Crippen molar-refractivity contribution in [1.29, 1.82) is 0 Å². The minimum atomic E-state index is 0.0221. The lowest BCUT2D eigenvalue weighted by molar-refractivity contribution is -0.121. The fraction of sp³-hybridized carbons (Fsp3) is 0.562.